The number of carbonyl (C=O) groups excluding carboxylic acids is 2. The molecule has 0 fully saturated rings. The molecule has 4 nitrogen and oxygen atoms in total. The fourth-order valence-corrected chi connectivity index (χ4v) is 3.26. The highest BCUT2D eigenvalue weighted by atomic mass is 16.5. The van der Waals surface area contributed by atoms with Gasteiger partial charge >= 0.3 is 5.97 Å². The normalized spacial score (nSPS) is 17.7. The van der Waals surface area contributed by atoms with Crippen molar-refractivity contribution in [3.05, 3.63) is 70.8 Å². The summed E-state index contributed by atoms with van der Waals surface area (Å²) in [7, 11) is 1.30. The Balaban J connectivity index is 2.04. The van der Waals surface area contributed by atoms with Gasteiger partial charge in [0.05, 0.1) is 13.7 Å². The number of benzene rings is 2. The van der Waals surface area contributed by atoms with Crippen LogP contribution >= 0.6 is 0 Å². The van der Waals surface area contributed by atoms with Gasteiger partial charge in [-0.3, -0.25) is 9.59 Å². The first-order valence-corrected chi connectivity index (χ1v) is 8.00. The molecule has 1 heterocycles. The molecule has 1 aliphatic rings. The molecule has 4 heteroatoms. The number of rotatable bonds is 4. The van der Waals surface area contributed by atoms with Crippen molar-refractivity contribution in [2.24, 2.45) is 5.92 Å². The van der Waals surface area contributed by atoms with Crippen LogP contribution in [0, 0.1) is 12.8 Å². The van der Waals surface area contributed by atoms with Gasteiger partial charge in [0.15, 0.2) is 11.7 Å². The topological polar surface area (TPSA) is 52.6 Å². The third-order valence-electron chi connectivity index (χ3n) is 4.50. The van der Waals surface area contributed by atoms with E-state index in [0.717, 1.165) is 23.1 Å². The number of aryl methyl sites for hydroxylation is 1. The molecule has 3 rings (SSSR count). The number of hydrogen-bond donors (Lipinski definition) is 0. The van der Waals surface area contributed by atoms with Crippen LogP contribution in [-0.4, -0.2) is 25.5 Å². The molecule has 0 N–H and O–H groups in total. The highest BCUT2D eigenvalue weighted by Crippen LogP contribution is 2.36. The van der Waals surface area contributed by atoms with Gasteiger partial charge in [0, 0.05) is 5.56 Å². The third-order valence-corrected chi connectivity index (χ3v) is 4.50. The Morgan fingerprint density at radius 3 is 2.58 bits per heavy atom. The molecule has 124 valence electrons. The number of carbonyl (C=O) groups is 2. The van der Waals surface area contributed by atoms with Crippen molar-refractivity contribution >= 4 is 11.8 Å². The highest BCUT2D eigenvalue weighted by molar-refractivity contribution is 6.09. The summed E-state index contributed by atoms with van der Waals surface area (Å²) in [6, 6.07) is 14.7. The van der Waals surface area contributed by atoms with Gasteiger partial charge in [-0.25, -0.2) is 0 Å². The van der Waals surface area contributed by atoms with E-state index >= 15 is 0 Å². The van der Waals surface area contributed by atoms with Crippen molar-refractivity contribution in [1.29, 1.82) is 0 Å². The predicted molar refractivity (Wildman–Crippen MR) is 89.9 cm³/mol. The Morgan fingerprint density at radius 2 is 1.88 bits per heavy atom. The molecule has 2 atom stereocenters. The lowest BCUT2D eigenvalue weighted by Gasteiger charge is -2.31. The second-order valence-corrected chi connectivity index (χ2v) is 5.92. The monoisotopic (exact) mass is 324 g/mol. The molecule has 0 amide bonds. The number of ether oxygens (including phenoxy) is 2. The van der Waals surface area contributed by atoms with Crippen LogP contribution < -0.4 is 0 Å². The summed E-state index contributed by atoms with van der Waals surface area (Å²) < 4.78 is 10.8. The van der Waals surface area contributed by atoms with E-state index in [0.29, 0.717) is 12.2 Å². The van der Waals surface area contributed by atoms with Crippen LogP contribution in [0.4, 0.5) is 0 Å². The molecule has 0 radical (unpaired) electrons. The smallest absolute Gasteiger partial charge is 0.319 e. The molecule has 2 aromatic rings. The van der Waals surface area contributed by atoms with E-state index in [1.54, 1.807) is 24.3 Å². The summed E-state index contributed by atoms with van der Waals surface area (Å²) >= 11 is 0. The average molecular weight is 324 g/mol. The molecule has 0 bridgehead atoms. The Morgan fingerprint density at radius 1 is 1.12 bits per heavy atom. The number of fused-ring (bicyclic) bond motifs is 1. The number of esters is 1. The maximum atomic E-state index is 13.0. The zero-order valence-electron chi connectivity index (χ0n) is 13.8. The van der Waals surface area contributed by atoms with Gasteiger partial charge in [0.25, 0.3) is 0 Å². The van der Waals surface area contributed by atoms with Crippen LogP contribution in [-0.2, 0) is 20.7 Å². The summed E-state index contributed by atoms with van der Waals surface area (Å²) in [5.74, 6) is -1.84. The van der Waals surface area contributed by atoms with Crippen LogP contribution in [0.1, 0.15) is 33.2 Å². The van der Waals surface area contributed by atoms with Gasteiger partial charge in [0.2, 0.25) is 0 Å². The van der Waals surface area contributed by atoms with E-state index in [4.69, 9.17) is 9.47 Å². The molecule has 2 unspecified atom stereocenters. The minimum absolute atomic E-state index is 0.276. The van der Waals surface area contributed by atoms with Crippen LogP contribution in [0.15, 0.2) is 48.5 Å². The van der Waals surface area contributed by atoms with Crippen LogP contribution in [0.5, 0.6) is 0 Å². The van der Waals surface area contributed by atoms with Crippen LogP contribution in [0.25, 0.3) is 0 Å². The first kappa shape index (κ1) is 16.4. The lowest BCUT2D eigenvalue weighted by atomic mass is 9.83. The van der Waals surface area contributed by atoms with Crippen molar-refractivity contribution < 1.29 is 19.1 Å². The Labute approximate surface area is 141 Å². The largest absolute Gasteiger partial charge is 0.468 e. The van der Waals surface area contributed by atoms with E-state index < -0.39 is 18.0 Å². The van der Waals surface area contributed by atoms with Gasteiger partial charge in [-0.15, -0.1) is 0 Å². The zero-order chi connectivity index (χ0) is 17.1. The van der Waals surface area contributed by atoms with Gasteiger partial charge in [-0.2, -0.15) is 0 Å². The van der Waals surface area contributed by atoms with Crippen molar-refractivity contribution in [2.45, 2.75) is 19.4 Å². The third kappa shape index (κ3) is 2.97. The van der Waals surface area contributed by atoms with E-state index in [9.17, 15) is 9.59 Å². The molecule has 0 saturated heterocycles. The van der Waals surface area contributed by atoms with Crippen molar-refractivity contribution in [1.82, 2.24) is 0 Å². The molecule has 1 aliphatic heterocycles. The van der Waals surface area contributed by atoms with Crippen molar-refractivity contribution in [3.63, 3.8) is 0 Å². The van der Waals surface area contributed by atoms with E-state index in [-0.39, 0.29) is 5.78 Å². The lowest BCUT2D eigenvalue weighted by Crippen LogP contribution is -2.35. The Hall–Kier alpha value is -2.46. The number of methoxy groups -OCH3 is 1. The molecule has 0 aromatic heterocycles. The lowest BCUT2D eigenvalue weighted by molar-refractivity contribution is -0.149. The van der Waals surface area contributed by atoms with Gasteiger partial charge in [0.1, 0.15) is 6.10 Å². The van der Waals surface area contributed by atoms with Crippen LogP contribution in [0.2, 0.25) is 0 Å². The molecule has 2 aromatic carbocycles. The molecule has 0 saturated carbocycles. The van der Waals surface area contributed by atoms with E-state index in [1.807, 2.05) is 31.2 Å². The van der Waals surface area contributed by atoms with Gasteiger partial charge in [-0.05, 0) is 30.0 Å². The minimum atomic E-state index is -1.00. The van der Waals surface area contributed by atoms with Crippen molar-refractivity contribution in [2.75, 3.05) is 13.7 Å². The minimum Gasteiger partial charge on any atom is -0.468 e. The summed E-state index contributed by atoms with van der Waals surface area (Å²) in [4.78, 5) is 25.4. The molecule has 24 heavy (non-hydrogen) atoms. The van der Waals surface area contributed by atoms with Crippen molar-refractivity contribution in [3.8, 4) is 0 Å². The maximum Gasteiger partial charge on any atom is 0.319 e. The standard InChI is InChI=1S/C20H20O4/c1-13-7-6-10-16-15(13)11-12-24-19(16)17(20(22)23-2)18(21)14-8-4-3-5-9-14/h3-10,17,19H,11-12H2,1-2H3. The Kier molecular flexibility index (Phi) is 4.76. The molecular formula is C20H20O4. The fraction of sp³-hybridized carbons (Fsp3) is 0.300. The van der Waals surface area contributed by atoms with Gasteiger partial charge < -0.3 is 9.47 Å². The molecule has 0 spiro atoms. The second kappa shape index (κ2) is 6.97. The predicted octanol–water partition coefficient (Wildman–Crippen LogP) is 3.28. The van der Waals surface area contributed by atoms with E-state index in [2.05, 4.69) is 0 Å². The summed E-state index contributed by atoms with van der Waals surface area (Å²) in [5.41, 5.74) is 3.69. The average Bonchev–Trinajstić information content (AvgIpc) is 2.63. The highest BCUT2D eigenvalue weighted by Gasteiger charge is 2.40. The number of Topliss-reactive ketones (excluding diaryl/α,β-unsaturated/α-hetero) is 1. The fourth-order valence-electron chi connectivity index (χ4n) is 3.26. The van der Waals surface area contributed by atoms with Crippen LogP contribution in [0.3, 0.4) is 0 Å². The van der Waals surface area contributed by atoms with Gasteiger partial charge in [-0.1, -0.05) is 48.5 Å². The maximum absolute atomic E-state index is 13.0. The SMILES string of the molecule is COC(=O)C(C(=O)c1ccccc1)C1OCCc2c(C)cccc21. The number of ketones is 1. The molecular weight excluding hydrogens is 304 g/mol. The Bertz CT molecular complexity index is 751. The first-order chi connectivity index (χ1) is 11.6. The number of hydrogen-bond acceptors (Lipinski definition) is 4. The summed E-state index contributed by atoms with van der Waals surface area (Å²) in [6.07, 6.45) is 0.167. The zero-order valence-corrected chi connectivity index (χ0v) is 13.8. The quantitative estimate of drug-likeness (QED) is 0.492. The molecule has 0 aliphatic carbocycles. The summed E-state index contributed by atoms with van der Waals surface area (Å²) in [5, 5.41) is 0. The first-order valence-electron chi connectivity index (χ1n) is 8.00. The van der Waals surface area contributed by atoms with E-state index in [1.165, 1.54) is 7.11 Å². The second-order valence-electron chi connectivity index (χ2n) is 5.92. The summed E-state index contributed by atoms with van der Waals surface area (Å²) in [6.45, 7) is 2.52.